The fourth-order valence-electron chi connectivity index (χ4n) is 0.921. The van der Waals surface area contributed by atoms with Crippen molar-refractivity contribution in [3.8, 4) is 0 Å². The van der Waals surface area contributed by atoms with Crippen LogP contribution < -0.4 is 0 Å². The van der Waals surface area contributed by atoms with E-state index >= 15 is 0 Å². The highest BCUT2D eigenvalue weighted by molar-refractivity contribution is 7.82. The molecule has 0 saturated carbocycles. The molecule has 2 nitrogen and oxygen atoms in total. The molecule has 1 aliphatic heterocycles. The molecule has 9 heavy (non-hydrogen) atoms. The lowest BCUT2D eigenvalue weighted by atomic mass is 10.2. The van der Waals surface area contributed by atoms with E-state index in [1.807, 2.05) is 0 Å². The maximum absolute atomic E-state index is 11.0. The third-order valence-electron chi connectivity index (χ3n) is 1.51. The van der Waals surface area contributed by atoms with Crippen molar-refractivity contribution in [3.63, 3.8) is 0 Å². The Kier molecular flexibility index (Phi) is 2.66. The van der Waals surface area contributed by atoms with Gasteiger partial charge in [0.25, 0.3) is 0 Å². The number of nitrogens with zero attached hydrogens (tertiary/aromatic N) is 1. The standard InChI is InChI=1S/C6H12NOS/c1-7-5-3-2-4-6-9(7)8/h1-6H2/q-1. The van der Waals surface area contributed by atoms with Crippen LogP contribution in [0.2, 0.25) is 0 Å². The van der Waals surface area contributed by atoms with Gasteiger partial charge < -0.3 is 4.31 Å². The van der Waals surface area contributed by atoms with Crippen LogP contribution in [0, 0.1) is 7.05 Å². The summed E-state index contributed by atoms with van der Waals surface area (Å²) < 4.78 is 12.7. The van der Waals surface area contributed by atoms with E-state index in [4.69, 9.17) is 0 Å². The highest BCUT2D eigenvalue weighted by Crippen LogP contribution is 2.07. The zero-order chi connectivity index (χ0) is 6.69. The van der Waals surface area contributed by atoms with Crippen LogP contribution in [0.5, 0.6) is 0 Å². The Labute approximate surface area is 58.8 Å². The van der Waals surface area contributed by atoms with Crippen LogP contribution in [0.15, 0.2) is 0 Å². The SMILES string of the molecule is [CH2-]N1CCCCCS1=O. The monoisotopic (exact) mass is 146 g/mol. The van der Waals surface area contributed by atoms with Gasteiger partial charge in [-0.2, -0.15) is 0 Å². The first kappa shape index (κ1) is 7.22. The second-order valence-electron chi connectivity index (χ2n) is 2.29. The molecule has 0 spiro atoms. The molecule has 54 valence electrons. The van der Waals surface area contributed by atoms with E-state index in [1.165, 1.54) is 6.42 Å². The van der Waals surface area contributed by atoms with Gasteiger partial charge in [0.1, 0.15) is 0 Å². The van der Waals surface area contributed by atoms with E-state index in [0.717, 1.165) is 25.1 Å². The summed E-state index contributed by atoms with van der Waals surface area (Å²) in [4.78, 5) is 0. The normalized spacial score (nSPS) is 31.9. The van der Waals surface area contributed by atoms with Crippen LogP contribution in [0.25, 0.3) is 0 Å². The van der Waals surface area contributed by atoms with Crippen molar-refractivity contribution in [2.45, 2.75) is 19.3 Å². The molecular formula is C6H12NOS-. The van der Waals surface area contributed by atoms with Crippen LogP contribution in [0.4, 0.5) is 0 Å². The first-order valence-corrected chi connectivity index (χ1v) is 4.55. The summed E-state index contributed by atoms with van der Waals surface area (Å²) in [5.41, 5.74) is 0. The minimum atomic E-state index is -0.780. The molecule has 1 saturated heterocycles. The average molecular weight is 146 g/mol. The number of hydrogen-bond acceptors (Lipinski definition) is 1. The van der Waals surface area contributed by atoms with E-state index in [9.17, 15) is 4.21 Å². The molecule has 0 N–H and O–H groups in total. The zero-order valence-electron chi connectivity index (χ0n) is 5.51. The largest absolute Gasteiger partial charge is 0.378 e. The van der Waals surface area contributed by atoms with E-state index in [0.29, 0.717) is 0 Å². The van der Waals surface area contributed by atoms with Gasteiger partial charge >= 0.3 is 0 Å². The van der Waals surface area contributed by atoms with Gasteiger partial charge in [-0.05, 0) is 19.4 Å². The summed E-state index contributed by atoms with van der Waals surface area (Å²) in [7, 11) is 2.89. The minimum Gasteiger partial charge on any atom is -0.378 e. The zero-order valence-corrected chi connectivity index (χ0v) is 6.32. The fraction of sp³-hybridized carbons (Fsp3) is 0.833. The maximum Gasteiger partial charge on any atom is 0.0643 e. The average Bonchev–Trinajstić information content (AvgIpc) is 1.99. The molecule has 0 radical (unpaired) electrons. The summed E-state index contributed by atoms with van der Waals surface area (Å²) in [6.07, 6.45) is 3.45. The summed E-state index contributed by atoms with van der Waals surface area (Å²) >= 11 is 0. The van der Waals surface area contributed by atoms with Crippen LogP contribution in [0.1, 0.15) is 19.3 Å². The summed E-state index contributed by atoms with van der Waals surface area (Å²) in [5, 5.41) is 0. The molecule has 1 heterocycles. The molecule has 0 aromatic carbocycles. The van der Waals surface area contributed by atoms with E-state index < -0.39 is 11.0 Å². The van der Waals surface area contributed by atoms with Crippen molar-refractivity contribution >= 4 is 11.0 Å². The smallest absolute Gasteiger partial charge is 0.0643 e. The van der Waals surface area contributed by atoms with E-state index in [-0.39, 0.29) is 0 Å². The molecular weight excluding hydrogens is 134 g/mol. The lowest BCUT2D eigenvalue weighted by Crippen LogP contribution is -2.19. The maximum atomic E-state index is 11.0. The molecule has 3 heteroatoms. The Morgan fingerprint density at radius 2 is 2.11 bits per heavy atom. The first-order chi connectivity index (χ1) is 4.30. The second kappa shape index (κ2) is 3.32. The van der Waals surface area contributed by atoms with Gasteiger partial charge in [-0.1, -0.05) is 6.42 Å². The summed E-state index contributed by atoms with van der Waals surface area (Å²) in [5.74, 6) is 0.809. The van der Waals surface area contributed by atoms with Crippen LogP contribution in [0.3, 0.4) is 0 Å². The van der Waals surface area contributed by atoms with E-state index in [2.05, 4.69) is 7.05 Å². The van der Waals surface area contributed by atoms with Crippen molar-refractivity contribution < 1.29 is 4.21 Å². The molecule has 0 aliphatic carbocycles. The third-order valence-corrected chi connectivity index (χ3v) is 2.91. The van der Waals surface area contributed by atoms with Crippen molar-refractivity contribution in [2.24, 2.45) is 0 Å². The number of hydrogen-bond donors (Lipinski definition) is 0. The van der Waals surface area contributed by atoms with Gasteiger partial charge in [0.2, 0.25) is 0 Å². The Hall–Kier alpha value is 0.110. The predicted molar refractivity (Wildman–Crippen MR) is 38.9 cm³/mol. The van der Waals surface area contributed by atoms with E-state index in [1.54, 1.807) is 4.31 Å². The van der Waals surface area contributed by atoms with Crippen molar-refractivity contribution in [2.75, 3.05) is 12.3 Å². The Morgan fingerprint density at radius 3 is 2.89 bits per heavy atom. The first-order valence-electron chi connectivity index (χ1n) is 3.27. The summed E-state index contributed by atoms with van der Waals surface area (Å²) in [6, 6.07) is 0. The Bertz CT molecular complexity index is 116. The van der Waals surface area contributed by atoms with Gasteiger partial charge in [-0.3, -0.25) is 7.05 Å². The molecule has 1 rings (SSSR count). The molecule has 1 fully saturated rings. The molecule has 1 atom stereocenters. The van der Waals surface area contributed by atoms with Crippen LogP contribution in [-0.2, 0) is 11.0 Å². The van der Waals surface area contributed by atoms with Gasteiger partial charge in [0, 0.05) is 5.75 Å². The molecule has 1 aliphatic rings. The van der Waals surface area contributed by atoms with Crippen molar-refractivity contribution in [1.29, 1.82) is 0 Å². The van der Waals surface area contributed by atoms with Gasteiger partial charge in [0.15, 0.2) is 0 Å². The predicted octanol–water partition coefficient (Wildman–Crippen LogP) is 0.928. The van der Waals surface area contributed by atoms with Crippen molar-refractivity contribution in [1.82, 2.24) is 4.31 Å². The molecule has 0 amide bonds. The van der Waals surface area contributed by atoms with Crippen LogP contribution in [-0.4, -0.2) is 20.8 Å². The lowest BCUT2D eigenvalue weighted by Gasteiger charge is -2.19. The Morgan fingerprint density at radius 1 is 1.33 bits per heavy atom. The van der Waals surface area contributed by atoms with Crippen molar-refractivity contribution in [3.05, 3.63) is 7.05 Å². The highest BCUT2D eigenvalue weighted by Gasteiger charge is 2.05. The second-order valence-corrected chi connectivity index (χ2v) is 3.86. The Balaban J connectivity index is 2.41. The highest BCUT2D eigenvalue weighted by atomic mass is 32.2. The minimum absolute atomic E-state index is 0.780. The fourth-order valence-corrected chi connectivity index (χ4v) is 1.96. The van der Waals surface area contributed by atoms with Gasteiger partial charge in [-0.15, -0.1) is 0 Å². The topological polar surface area (TPSA) is 20.3 Å². The quantitative estimate of drug-likeness (QED) is 0.465. The molecule has 0 bridgehead atoms. The molecule has 1 unspecified atom stereocenters. The lowest BCUT2D eigenvalue weighted by molar-refractivity contribution is 0.547. The summed E-state index contributed by atoms with van der Waals surface area (Å²) in [6.45, 7) is 0.895. The number of rotatable bonds is 0. The van der Waals surface area contributed by atoms with Crippen LogP contribution >= 0.6 is 0 Å². The molecule has 0 aromatic heterocycles. The molecule has 0 aromatic rings. The third kappa shape index (κ3) is 2.06. The van der Waals surface area contributed by atoms with Gasteiger partial charge in [0.05, 0.1) is 11.0 Å². The van der Waals surface area contributed by atoms with Gasteiger partial charge in [-0.25, -0.2) is 4.21 Å².